The van der Waals surface area contributed by atoms with E-state index in [0.29, 0.717) is 0 Å². The summed E-state index contributed by atoms with van der Waals surface area (Å²) < 4.78 is 5.21. The van der Waals surface area contributed by atoms with E-state index in [1.807, 2.05) is 0 Å². The second-order valence-electron chi connectivity index (χ2n) is 2.46. The molecule has 0 aromatic heterocycles. The molecule has 0 heterocycles. The molecule has 0 N–H and O–H groups in total. The van der Waals surface area contributed by atoms with E-state index in [1.54, 1.807) is 7.11 Å². The molecule has 0 fully saturated rings. The van der Waals surface area contributed by atoms with Crippen LogP contribution in [0.2, 0.25) is 0 Å². The fourth-order valence-corrected chi connectivity index (χ4v) is 0.956. The number of hydrogen-bond donors (Lipinski definition) is 0. The van der Waals surface area contributed by atoms with Crippen LogP contribution in [0.5, 0.6) is 0 Å². The Kier molecular flexibility index (Phi) is 1.39. The van der Waals surface area contributed by atoms with Crippen LogP contribution in [-0.2, 0) is 4.74 Å². The van der Waals surface area contributed by atoms with Gasteiger partial charge >= 0.3 is 0 Å². The molecular weight excluding hydrogens is 100 g/mol. The van der Waals surface area contributed by atoms with Crippen LogP contribution in [0, 0.1) is 0 Å². The van der Waals surface area contributed by atoms with Crippen molar-refractivity contribution in [3.63, 3.8) is 0 Å². The second-order valence-corrected chi connectivity index (χ2v) is 2.46. The van der Waals surface area contributed by atoms with Gasteiger partial charge in [-0.1, -0.05) is 12.2 Å². The molecule has 0 amide bonds. The molecule has 0 bridgehead atoms. The lowest BCUT2D eigenvalue weighted by molar-refractivity contribution is 0.0490. The maximum atomic E-state index is 5.21. The molecule has 0 aromatic rings. The SMILES string of the molecule is COC1(C)C=CCC1. The summed E-state index contributed by atoms with van der Waals surface area (Å²) in [6, 6.07) is 0. The van der Waals surface area contributed by atoms with Gasteiger partial charge in [-0.05, 0) is 19.8 Å². The number of hydrogen-bond acceptors (Lipinski definition) is 1. The zero-order chi connectivity index (χ0) is 6.04. The maximum absolute atomic E-state index is 5.21. The third-order valence-corrected chi connectivity index (χ3v) is 1.74. The molecule has 46 valence electrons. The van der Waals surface area contributed by atoms with Gasteiger partial charge in [-0.25, -0.2) is 0 Å². The second kappa shape index (κ2) is 1.90. The monoisotopic (exact) mass is 112 g/mol. The van der Waals surface area contributed by atoms with Crippen molar-refractivity contribution in [3.05, 3.63) is 12.2 Å². The Morgan fingerprint density at radius 2 is 2.38 bits per heavy atom. The van der Waals surface area contributed by atoms with Crippen LogP contribution in [-0.4, -0.2) is 12.7 Å². The van der Waals surface area contributed by atoms with Gasteiger partial charge in [-0.15, -0.1) is 0 Å². The van der Waals surface area contributed by atoms with E-state index in [1.165, 1.54) is 6.42 Å². The summed E-state index contributed by atoms with van der Waals surface area (Å²) in [5, 5.41) is 0. The minimum atomic E-state index is 0.0556. The Morgan fingerprint density at radius 1 is 1.62 bits per heavy atom. The van der Waals surface area contributed by atoms with Crippen LogP contribution in [0.25, 0.3) is 0 Å². The van der Waals surface area contributed by atoms with Gasteiger partial charge in [-0.3, -0.25) is 0 Å². The highest BCUT2D eigenvalue weighted by atomic mass is 16.5. The fourth-order valence-electron chi connectivity index (χ4n) is 0.956. The van der Waals surface area contributed by atoms with Crippen molar-refractivity contribution >= 4 is 0 Å². The van der Waals surface area contributed by atoms with Crippen LogP contribution in [0.4, 0.5) is 0 Å². The van der Waals surface area contributed by atoms with Crippen molar-refractivity contribution in [3.8, 4) is 0 Å². The van der Waals surface area contributed by atoms with Gasteiger partial charge in [0, 0.05) is 7.11 Å². The predicted octanol–water partition coefficient (Wildman–Crippen LogP) is 1.74. The van der Waals surface area contributed by atoms with Crippen molar-refractivity contribution in [1.82, 2.24) is 0 Å². The first kappa shape index (κ1) is 5.83. The van der Waals surface area contributed by atoms with Crippen LogP contribution >= 0.6 is 0 Å². The standard InChI is InChI=1S/C7H12O/c1-7(8-2)5-3-4-6-7/h3,5H,4,6H2,1-2H3. The van der Waals surface area contributed by atoms with Crippen molar-refractivity contribution in [1.29, 1.82) is 0 Å². The molecule has 1 rings (SSSR count). The van der Waals surface area contributed by atoms with Crippen molar-refractivity contribution in [2.45, 2.75) is 25.4 Å². The number of rotatable bonds is 1. The normalized spacial score (nSPS) is 36.2. The van der Waals surface area contributed by atoms with E-state index in [4.69, 9.17) is 4.74 Å². The average Bonchev–Trinajstić information content (AvgIpc) is 2.17. The fraction of sp³-hybridized carbons (Fsp3) is 0.714. The Morgan fingerprint density at radius 3 is 2.62 bits per heavy atom. The molecule has 0 aromatic carbocycles. The van der Waals surface area contributed by atoms with Gasteiger partial charge in [0.2, 0.25) is 0 Å². The smallest absolute Gasteiger partial charge is 0.0833 e. The van der Waals surface area contributed by atoms with Crippen LogP contribution in [0.15, 0.2) is 12.2 Å². The topological polar surface area (TPSA) is 9.23 Å². The van der Waals surface area contributed by atoms with Gasteiger partial charge in [0.15, 0.2) is 0 Å². The third kappa shape index (κ3) is 0.920. The molecule has 1 aliphatic rings. The Labute approximate surface area is 50.3 Å². The van der Waals surface area contributed by atoms with E-state index in [9.17, 15) is 0 Å². The van der Waals surface area contributed by atoms with E-state index in [2.05, 4.69) is 19.1 Å². The molecule has 0 saturated carbocycles. The highest BCUT2D eigenvalue weighted by Crippen LogP contribution is 2.24. The summed E-state index contributed by atoms with van der Waals surface area (Å²) in [6.07, 6.45) is 6.62. The largest absolute Gasteiger partial charge is 0.374 e. The number of ether oxygens (including phenoxy) is 1. The Balaban J connectivity index is 2.54. The van der Waals surface area contributed by atoms with Gasteiger partial charge in [-0.2, -0.15) is 0 Å². The first-order valence-corrected chi connectivity index (χ1v) is 3.00. The minimum absolute atomic E-state index is 0.0556. The molecule has 1 nitrogen and oxygen atoms in total. The Bertz CT molecular complexity index is 107. The van der Waals surface area contributed by atoms with Crippen molar-refractivity contribution in [2.75, 3.05) is 7.11 Å². The molecule has 0 saturated heterocycles. The minimum Gasteiger partial charge on any atom is -0.374 e. The lowest BCUT2D eigenvalue weighted by Crippen LogP contribution is -2.20. The molecular formula is C7H12O. The summed E-state index contributed by atoms with van der Waals surface area (Å²) in [7, 11) is 1.76. The first-order valence-electron chi connectivity index (χ1n) is 3.00. The highest BCUT2D eigenvalue weighted by molar-refractivity contribution is 5.06. The summed E-state index contributed by atoms with van der Waals surface area (Å²) in [5.74, 6) is 0. The predicted molar refractivity (Wildman–Crippen MR) is 33.8 cm³/mol. The van der Waals surface area contributed by atoms with Crippen LogP contribution in [0.1, 0.15) is 19.8 Å². The van der Waals surface area contributed by atoms with Crippen LogP contribution < -0.4 is 0 Å². The van der Waals surface area contributed by atoms with Crippen molar-refractivity contribution < 1.29 is 4.74 Å². The molecule has 1 heteroatoms. The molecule has 0 aliphatic heterocycles. The highest BCUT2D eigenvalue weighted by Gasteiger charge is 2.21. The van der Waals surface area contributed by atoms with Crippen LogP contribution in [0.3, 0.4) is 0 Å². The molecule has 0 radical (unpaired) electrons. The van der Waals surface area contributed by atoms with Gasteiger partial charge in [0.1, 0.15) is 0 Å². The van der Waals surface area contributed by atoms with E-state index >= 15 is 0 Å². The third-order valence-electron chi connectivity index (χ3n) is 1.74. The summed E-state index contributed by atoms with van der Waals surface area (Å²) in [4.78, 5) is 0. The quantitative estimate of drug-likeness (QED) is 0.469. The lowest BCUT2D eigenvalue weighted by Gasteiger charge is -2.18. The first-order chi connectivity index (χ1) is 3.77. The number of allylic oxidation sites excluding steroid dienone is 1. The summed E-state index contributed by atoms with van der Waals surface area (Å²) in [6.45, 7) is 2.11. The zero-order valence-electron chi connectivity index (χ0n) is 5.48. The van der Waals surface area contributed by atoms with Gasteiger partial charge < -0.3 is 4.74 Å². The average molecular weight is 112 g/mol. The number of methoxy groups -OCH3 is 1. The Hall–Kier alpha value is -0.300. The van der Waals surface area contributed by atoms with E-state index in [0.717, 1.165) is 6.42 Å². The summed E-state index contributed by atoms with van der Waals surface area (Å²) in [5.41, 5.74) is 0.0556. The van der Waals surface area contributed by atoms with Gasteiger partial charge in [0.05, 0.1) is 5.60 Å². The molecule has 1 unspecified atom stereocenters. The van der Waals surface area contributed by atoms with Gasteiger partial charge in [0.25, 0.3) is 0 Å². The van der Waals surface area contributed by atoms with E-state index < -0.39 is 0 Å². The summed E-state index contributed by atoms with van der Waals surface area (Å²) >= 11 is 0. The molecule has 0 spiro atoms. The molecule has 1 aliphatic carbocycles. The lowest BCUT2D eigenvalue weighted by atomic mass is 10.1. The molecule has 8 heavy (non-hydrogen) atoms. The van der Waals surface area contributed by atoms with Crippen molar-refractivity contribution in [2.24, 2.45) is 0 Å². The van der Waals surface area contributed by atoms with E-state index in [-0.39, 0.29) is 5.60 Å². The molecule has 1 atom stereocenters. The zero-order valence-corrected chi connectivity index (χ0v) is 5.48. The maximum Gasteiger partial charge on any atom is 0.0833 e.